The summed E-state index contributed by atoms with van der Waals surface area (Å²) in [5.41, 5.74) is 5.23. The van der Waals surface area contributed by atoms with E-state index in [1.54, 1.807) is 0 Å². The predicted molar refractivity (Wildman–Crippen MR) is 106 cm³/mol. The van der Waals surface area contributed by atoms with Gasteiger partial charge in [0.25, 0.3) is 0 Å². The van der Waals surface area contributed by atoms with Crippen molar-refractivity contribution in [2.75, 3.05) is 5.32 Å². The molecule has 0 saturated heterocycles. The van der Waals surface area contributed by atoms with E-state index in [2.05, 4.69) is 79.0 Å². The molecule has 3 aromatic carbocycles. The van der Waals surface area contributed by atoms with Gasteiger partial charge in [0.1, 0.15) is 0 Å². The minimum absolute atomic E-state index is 0.318. The Kier molecular flexibility index (Phi) is 3.39. The highest BCUT2D eigenvalue weighted by molar-refractivity contribution is 6.30. The molecule has 0 radical (unpaired) electrons. The lowest BCUT2D eigenvalue weighted by Crippen LogP contribution is -2.29. The van der Waals surface area contributed by atoms with Crippen molar-refractivity contribution in [3.8, 4) is 0 Å². The number of rotatable bonds is 1. The molecule has 1 aliphatic carbocycles. The number of benzene rings is 3. The summed E-state index contributed by atoms with van der Waals surface area (Å²) in [5, 5.41) is 7.37. The second kappa shape index (κ2) is 5.64. The third-order valence-corrected chi connectivity index (χ3v) is 6.01. The van der Waals surface area contributed by atoms with Crippen molar-refractivity contribution < 1.29 is 0 Å². The monoisotopic (exact) mass is 345 g/mol. The van der Waals surface area contributed by atoms with Crippen LogP contribution in [0.2, 0.25) is 5.02 Å². The number of halogens is 1. The molecule has 2 heteroatoms. The largest absolute Gasteiger partial charge is 0.377 e. The first kappa shape index (κ1) is 15.0. The average molecular weight is 346 g/mol. The Morgan fingerprint density at radius 2 is 1.84 bits per heavy atom. The normalized spacial score (nSPS) is 24.0. The lowest BCUT2D eigenvalue weighted by atomic mass is 9.75. The molecule has 0 fully saturated rings. The molecule has 0 spiro atoms. The van der Waals surface area contributed by atoms with Crippen LogP contribution in [0.5, 0.6) is 0 Å². The molecule has 1 nitrogen and oxygen atoms in total. The second-order valence-electron chi connectivity index (χ2n) is 7.23. The molecule has 0 aromatic heterocycles. The highest BCUT2D eigenvalue weighted by Gasteiger charge is 2.39. The molecule has 0 amide bonds. The average Bonchev–Trinajstić information content (AvgIpc) is 3.11. The molecular formula is C23H20ClN. The third kappa shape index (κ3) is 2.30. The van der Waals surface area contributed by atoms with Crippen LogP contribution in [0.25, 0.3) is 10.8 Å². The molecule has 124 valence electrons. The van der Waals surface area contributed by atoms with Crippen molar-refractivity contribution in [3.05, 3.63) is 88.5 Å². The first-order valence-corrected chi connectivity index (χ1v) is 9.31. The second-order valence-corrected chi connectivity index (χ2v) is 7.67. The number of aryl methyl sites for hydroxylation is 1. The third-order valence-electron chi connectivity index (χ3n) is 5.79. The molecule has 25 heavy (non-hydrogen) atoms. The van der Waals surface area contributed by atoms with Crippen molar-refractivity contribution in [3.63, 3.8) is 0 Å². The van der Waals surface area contributed by atoms with E-state index in [0.29, 0.717) is 17.9 Å². The number of hydrogen-bond donors (Lipinski definition) is 1. The van der Waals surface area contributed by atoms with Gasteiger partial charge in [-0.3, -0.25) is 0 Å². The van der Waals surface area contributed by atoms with E-state index in [0.717, 1.165) is 11.4 Å². The Hall–Kier alpha value is -2.25. The van der Waals surface area contributed by atoms with E-state index in [9.17, 15) is 0 Å². The van der Waals surface area contributed by atoms with Gasteiger partial charge >= 0.3 is 0 Å². The van der Waals surface area contributed by atoms with E-state index < -0.39 is 0 Å². The van der Waals surface area contributed by atoms with Gasteiger partial charge in [0.2, 0.25) is 0 Å². The highest BCUT2D eigenvalue weighted by Crippen LogP contribution is 2.52. The van der Waals surface area contributed by atoms with Gasteiger partial charge in [0, 0.05) is 16.6 Å². The van der Waals surface area contributed by atoms with Gasteiger partial charge in [-0.1, -0.05) is 66.2 Å². The maximum absolute atomic E-state index is 6.35. The molecule has 2 aliphatic rings. The van der Waals surface area contributed by atoms with Crippen LogP contribution in [-0.4, -0.2) is 0 Å². The fraction of sp³-hybridized carbons (Fsp3) is 0.217. The van der Waals surface area contributed by atoms with Crippen LogP contribution in [-0.2, 0) is 0 Å². The van der Waals surface area contributed by atoms with E-state index in [4.69, 9.17) is 11.6 Å². The molecule has 0 saturated carbocycles. The maximum Gasteiger partial charge on any atom is 0.0560 e. The van der Waals surface area contributed by atoms with E-state index >= 15 is 0 Å². The number of fused-ring (bicyclic) bond motifs is 4. The van der Waals surface area contributed by atoms with Crippen LogP contribution >= 0.6 is 11.6 Å². The Morgan fingerprint density at radius 1 is 1.00 bits per heavy atom. The van der Waals surface area contributed by atoms with Gasteiger partial charge in [-0.25, -0.2) is 0 Å². The zero-order valence-corrected chi connectivity index (χ0v) is 14.9. The minimum Gasteiger partial charge on any atom is -0.377 e. The molecule has 3 atom stereocenters. The molecule has 0 bridgehead atoms. The summed E-state index contributed by atoms with van der Waals surface area (Å²) in [6, 6.07) is 19.9. The number of hydrogen-bond acceptors (Lipinski definition) is 1. The van der Waals surface area contributed by atoms with Crippen LogP contribution in [0.4, 0.5) is 5.69 Å². The van der Waals surface area contributed by atoms with Gasteiger partial charge in [0.05, 0.1) is 6.04 Å². The Labute approximate surface area is 153 Å². The lowest BCUT2D eigenvalue weighted by Gasteiger charge is -2.39. The van der Waals surface area contributed by atoms with Crippen LogP contribution in [0.1, 0.15) is 35.1 Å². The van der Waals surface area contributed by atoms with Gasteiger partial charge in [0.15, 0.2) is 0 Å². The van der Waals surface area contributed by atoms with Crippen LogP contribution in [0.3, 0.4) is 0 Å². The molecule has 5 rings (SSSR count). The van der Waals surface area contributed by atoms with Gasteiger partial charge < -0.3 is 5.32 Å². The number of nitrogens with one attached hydrogen (secondary N) is 1. The van der Waals surface area contributed by atoms with Crippen molar-refractivity contribution in [2.45, 2.75) is 25.3 Å². The summed E-state index contributed by atoms with van der Waals surface area (Å²) >= 11 is 6.35. The van der Waals surface area contributed by atoms with E-state index in [-0.39, 0.29) is 0 Å². The Morgan fingerprint density at radius 3 is 2.76 bits per heavy atom. The fourth-order valence-electron chi connectivity index (χ4n) is 4.67. The summed E-state index contributed by atoms with van der Waals surface area (Å²) in [6.45, 7) is 2.15. The van der Waals surface area contributed by atoms with Crippen LogP contribution in [0, 0.1) is 12.8 Å². The molecule has 3 aromatic rings. The SMILES string of the molecule is Cc1cc(Cl)cc2c1N[C@H](c1cccc3ccccc13)[C@H]1CC=C[C@H]21. The summed E-state index contributed by atoms with van der Waals surface area (Å²) in [4.78, 5) is 0. The lowest BCUT2D eigenvalue weighted by molar-refractivity contribution is 0.427. The standard InChI is InChI=1S/C23H20ClN/c1-14-12-16(24)13-21-18-9-5-11-20(18)23(25-22(14)21)19-10-4-7-15-6-2-3-8-17(15)19/h2-10,12-13,18,20,23,25H,11H2,1H3/t18-,20-,23+/m0/s1. The predicted octanol–water partition coefficient (Wildman–Crippen LogP) is 6.63. The first-order valence-electron chi connectivity index (χ1n) is 8.93. The Bertz CT molecular complexity index is 999. The van der Waals surface area contributed by atoms with Gasteiger partial charge in [-0.15, -0.1) is 0 Å². The van der Waals surface area contributed by atoms with E-state index in [1.807, 2.05) is 0 Å². The Balaban J connectivity index is 1.70. The maximum atomic E-state index is 6.35. The first-order chi connectivity index (χ1) is 12.2. The van der Waals surface area contributed by atoms with Crippen LogP contribution < -0.4 is 5.32 Å². The van der Waals surface area contributed by atoms with Gasteiger partial charge in [-0.05, 0) is 58.9 Å². The quantitative estimate of drug-likeness (QED) is 0.488. The summed E-state index contributed by atoms with van der Waals surface area (Å²) in [6.07, 6.45) is 5.81. The van der Waals surface area contributed by atoms with Crippen molar-refractivity contribution in [1.29, 1.82) is 0 Å². The topological polar surface area (TPSA) is 12.0 Å². The molecular weight excluding hydrogens is 326 g/mol. The van der Waals surface area contributed by atoms with Crippen molar-refractivity contribution in [2.24, 2.45) is 5.92 Å². The van der Waals surface area contributed by atoms with Crippen molar-refractivity contribution in [1.82, 2.24) is 0 Å². The zero-order chi connectivity index (χ0) is 17.0. The number of anilines is 1. The fourth-order valence-corrected chi connectivity index (χ4v) is 4.95. The zero-order valence-electron chi connectivity index (χ0n) is 14.2. The molecule has 1 heterocycles. The molecule has 1 aliphatic heterocycles. The van der Waals surface area contributed by atoms with Crippen molar-refractivity contribution >= 4 is 28.1 Å². The minimum atomic E-state index is 0.318. The molecule has 1 N–H and O–H groups in total. The molecule has 0 unspecified atom stereocenters. The summed E-state index contributed by atoms with van der Waals surface area (Å²) in [5.74, 6) is 0.980. The number of allylic oxidation sites excluding steroid dienone is 2. The van der Waals surface area contributed by atoms with E-state index in [1.165, 1.54) is 33.2 Å². The van der Waals surface area contributed by atoms with Gasteiger partial charge in [-0.2, -0.15) is 0 Å². The highest BCUT2D eigenvalue weighted by atomic mass is 35.5. The smallest absolute Gasteiger partial charge is 0.0560 e. The van der Waals surface area contributed by atoms with Crippen LogP contribution in [0.15, 0.2) is 66.7 Å². The summed E-state index contributed by atoms with van der Waals surface area (Å²) < 4.78 is 0. The summed E-state index contributed by atoms with van der Waals surface area (Å²) in [7, 11) is 0.